The molecule has 2 aromatic rings. The number of hydrogen-bond donors (Lipinski definition) is 1. The Morgan fingerprint density at radius 2 is 2.16 bits per heavy atom. The lowest BCUT2D eigenvalue weighted by Gasteiger charge is -2.10. The first kappa shape index (κ1) is 12.3. The zero-order valence-corrected chi connectivity index (χ0v) is 10.7. The van der Waals surface area contributed by atoms with Crippen molar-refractivity contribution in [2.75, 3.05) is 13.1 Å². The van der Waals surface area contributed by atoms with E-state index in [4.69, 9.17) is 4.52 Å². The smallest absolute Gasteiger partial charge is 0.240 e. The Balaban J connectivity index is 1.60. The quantitative estimate of drug-likeness (QED) is 0.894. The zero-order valence-electron chi connectivity index (χ0n) is 10.7. The molecule has 0 radical (unpaired) electrons. The van der Waals surface area contributed by atoms with Gasteiger partial charge in [0, 0.05) is 19.5 Å². The predicted octanol–water partition coefficient (Wildman–Crippen LogP) is 1.23. The highest BCUT2D eigenvalue weighted by Crippen LogP contribution is 2.13. The summed E-state index contributed by atoms with van der Waals surface area (Å²) in [6.07, 6.45) is 1.30. The van der Waals surface area contributed by atoms with Gasteiger partial charge in [-0.3, -0.25) is 4.90 Å². The van der Waals surface area contributed by atoms with E-state index in [-0.39, 0.29) is 6.10 Å². The van der Waals surface area contributed by atoms with Gasteiger partial charge in [-0.2, -0.15) is 4.98 Å². The average Bonchev–Trinajstić information content (AvgIpc) is 3.01. The standard InChI is InChI=1S/C14H17N3O2/c18-12-6-7-17(9-12)10-14-15-13(16-19-14)8-11-4-2-1-3-5-11/h1-5,12,18H,6-10H2/t12-/m0/s1. The highest BCUT2D eigenvalue weighted by molar-refractivity contribution is 5.18. The second kappa shape index (κ2) is 5.50. The molecular formula is C14H17N3O2. The molecule has 1 aliphatic heterocycles. The number of aliphatic hydroxyl groups excluding tert-OH is 1. The van der Waals surface area contributed by atoms with Crippen molar-refractivity contribution < 1.29 is 9.63 Å². The van der Waals surface area contributed by atoms with Gasteiger partial charge in [0.25, 0.3) is 0 Å². The van der Waals surface area contributed by atoms with Crippen molar-refractivity contribution >= 4 is 0 Å². The van der Waals surface area contributed by atoms with Crippen LogP contribution in [0.4, 0.5) is 0 Å². The average molecular weight is 259 g/mol. The van der Waals surface area contributed by atoms with Crippen molar-refractivity contribution in [2.45, 2.75) is 25.5 Å². The Labute approximate surface area is 111 Å². The lowest BCUT2D eigenvalue weighted by atomic mass is 10.1. The maximum Gasteiger partial charge on any atom is 0.240 e. The van der Waals surface area contributed by atoms with Gasteiger partial charge in [-0.1, -0.05) is 35.5 Å². The normalized spacial score (nSPS) is 19.9. The lowest BCUT2D eigenvalue weighted by molar-refractivity contribution is 0.169. The highest BCUT2D eigenvalue weighted by Gasteiger charge is 2.22. The van der Waals surface area contributed by atoms with E-state index in [1.54, 1.807) is 0 Å². The summed E-state index contributed by atoms with van der Waals surface area (Å²) in [6, 6.07) is 10.1. The summed E-state index contributed by atoms with van der Waals surface area (Å²) in [5, 5.41) is 13.5. The first-order chi connectivity index (χ1) is 9.29. The third-order valence-corrected chi connectivity index (χ3v) is 3.32. The summed E-state index contributed by atoms with van der Waals surface area (Å²) in [6.45, 7) is 2.20. The zero-order chi connectivity index (χ0) is 13.1. The second-order valence-electron chi connectivity index (χ2n) is 4.94. The number of nitrogens with zero attached hydrogens (tertiary/aromatic N) is 3. The molecule has 0 saturated carbocycles. The molecule has 1 aliphatic rings. The fourth-order valence-corrected chi connectivity index (χ4v) is 2.35. The van der Waals surface area contributed by atoms with Crippen LogP contribution < -0.4 is 0 Å². The topological polar surface area (TPSA) is 62.4 Å². The molecule has 100 valence electrons. The minimum Gasteiger partial charge on any atom is -0.392 e. The van der Waals surface area contributed by atoms with Crippen LogP contribution in [0.25, 0.3) is 0 Å². The summed E-state index contributed by atoms with van der Waals surface area (Å²) >= 11 is 0. The van der Waals surface area contributed by atoms with Crippen LogP contribution in [-0.4, -0.2) is 39.3 Å². The molecular weight excluding hydrogens is 242 g/mol. The van der Waals surface area contributed by atoms with Gasteiger partial charge >= 0.3 is 0 Å². The van der Waals surface area contributed by atoms with E-state index in [0.29, 0.717) is 31.2 Å². The van der Waals surface area contributed by atoms with Gasteiger partial charge in [-0.25, -0.2) is 0 Å². The molecule has 1 atom stereocenters. The van der Waals surface area contributed by atoms with Crippen LogP contribution in [0.5, 0.6) is 0 Å². The van der Waals surface area contributed by atoms with Crippen LogP contribution in [0.15, 0.2) is 34.9 Å². The molecule has 1 aromatic heterocycles. The molecule has 3 rings (SSSR count). The number of β-amino-alcohol motifs (C(OH)–C–C–N with tert-alkyl or cyclic N) is 1. The Morgan fingerprint density at radius 3 is 2.89 bits per heavy atom. The first-order valence-corrected chi connectivity index (χ1v) is 6.55. The molecule has 0 aliphatic carbocycles. The summed E-state index contributed by atoms with van der Waals surface area (Å²) in [5.74, 6) is 1.33. The number of aromatic nitrogens is 2. The fraction of sp³-hybridized carbons (Fsp3) is 0.429. The SMILES string of the molecule is O[C@H]1CCN(Cc2nc(Cc3ccccc3)no2)C1. The van der Waals surface area contributed by atoms with E-state index < -0.39 is 0 Å². The number of hydrogen-bond acceptors (Lipinski definition) is 5. The highest BCUT2D eigenvalue weighted by atomic mass is 16.5. The molecule has 0 spiro atoms. The molecule has 1 N–H and O–H groups in total. The van der Waals surface area contributed by atoms with E-state index in [9.17, 15) is 5.11 Å². The van der Waals surface area contributed by atoms with Gasteiger partial charge in [0.1, 0.15) is 0 Å². The number of benzene rings is 1. The van der Waals surface area contributed by atoms with E-state index in [1.165, 1.54) is 5.56 Å². The van der Waals surface area contributed by atoms with Gasteiger partial charge in [0.05, 0.1) is 12.6 Å². The van der Waals surface area contributed by atoms with Crippen molar-refractivity contribution in [3.05, 3.63) is 47.6 Å². The lowest BCUT2D eigenvalue weighted by Crippen LogP contribution is -2.21. The molecule has 1 aromatic carbocycles. The van der Waals surface area contributed by atoms with Crippen LogP contribution in [-0.2, 0) is 13.0 Å². The largest absolute Gasteiger partial charge is 0.392 e. The van der Waals surface area contributed by atoms with Crippen LogP contribution in [0.3, 0.4) is 0 Å². The van der Waals surface area contributed by atoms with Crippen molar-refractivity contribution in [1.29, 1.82) is 0 Å². The van der Waals surface area contributed by atoms with Gasteiger partial charge in [-0.15, -0.1) is 0 Å². The Kier molecular flexibility index (Phi) is 3.57. The molecule has 2 heterocycles. The summed E-state index contributed by atoms with van der Waals surface area (Å²) in [4.78, 5) is 6.52. The number of likely N-dealkylation sites (tertiary alicyclic amines) is 1. The molecule has 0 bridgehead atoms. The molecule has 1 saturated heterocycles. The van der Waals surface area contributed by atoms with Crippen LogP contribution in [0.2, 0.25) is 0 Å². The predicted molar refractivity (Wildman–Crippen MR) is 69.4 cm³/mol. The Hall–Kier alpha value is -1.72. The van der Waals surface area contributed by atoms with E-state index in [0.717, 1.165) is 13.0 Å². The van der Waals surface area contributed by atoms with E-state index in [1.807, 2.05) is 30.3 Å². The second-order valence-corrected chi connectivity index (χ2v) is 4.94. The third-order valence-electron chi connectivity index (χ3n) is 3.32. The van der Waals surface area contributed by atoms with Gasteiger partial charge in [0.15, 0.2) is 5.82 Å². The van der Waals surface area contributed by atoms with E-state index in [2.05, 4.69) is 15.0 Å². The molecule has 5 nitrogen and oxygen atoms in total. The Bertz CT molecular complexity index is 526. The minimum atomic E-state index is -0.216. The van der Waals surface area contributed by atoms with E-state index >= 15 is 0 Å². The van der Waals surface area contributed by atoms with Crippen molar-refractivity contribution in [2.24, 2.45) is 0 Å². The maximum absolute atomic E-state index is 9.47. The van der Waals surface area contributed by atoms with Crippen molar-refractivity contribution in [3.63, 3.8) is 0 Å². The van der Waals surface area contributed by atoms with Crippen LogP contribution in [0, 0.1) is 0 Å². The first-order valence-electron chi connectivity index (χ1n) is 6.55. The minimum absolute atomic E-state index is 0.216. The van der Waals surface area contributed by atoms with Gasteiger partial charge in [-0.05, 0) is 12.0 Å². The van der Waals surface area contributed by atoms with Crippen LogP contribution in [0.1, 0.15) is 23.7 Å². The third kappa shape index (κ3) is 3.19. The molecule has 1 fully saturated rings. The van der Waals surface area contributed by atoms with Gasteiger partial charge in [0.2, 0.25) is 5.89 Å². The van der Waals surface area contributed by atoms with Crippen molar-refractivity contribution in [3.8, 4) is 0 Å². The van der Waals surface area contributed by atoms with Gasteiger partial charge < -0.3 is 9.63 Å². The summed E-state index contributed by atoms with van der Waals surface area (Å²) in [5.41, 5.74) is 1.17. The summed E-state index contributed by atoms with van der Waals surface area (Å²) in [7, 11) is 0. The fourth-order valence-electron chi connectivity index (χ4n) is 2.35. The maximum atomic E-state index is 9.47. The molecule has 5 heteroatoms. The number of aliphatic hydroxyl groups is 1. The number of rotatable bonds is 4. The Morgan fingerprint density at radius 1 is 1.32 bits per heavy atom. The summed E-state index contributed by atoms with van der Waals surface area (Å²) < 4.78 is 5.25. The van der Waals surface area contributed by atoms with Crippen LogP contribution >= 0.6 is 0 Å². The molecule has 0 amide bonds. The monoisotopic (exact) mass is 259 g/mol. The van der Waals surface area contributed by atoms with Crippen molar-refractivity contribution in [1.82, 2.24) is 15.0 Å². The molecule has 19 heavy (non-hydrogen) atoms. The molecule has 0 unspecified atom stereocenters.